The maximum atomic E-state index is 13.9. The van der Waals surface area contributed by atoms with E-state index in [1.165, 1.54) is 17.9 Å². The van der Waals surface area contributed by atoms with Crippen molar-refractivity contribution in [1.82, 2.24) is 9.66 Å². The molecule has 1 heterocycles. The molecule has 4 rings (SSSR count). The van der Waals surface area contributed by atoms with Crippen LogP contribution in [-0.4, -0.2) is 23.0 Å². The standard InChI is InChI=1S/C27H25BrFN3O3/c1-4-17(2)26-31-23-11-10-20(28)14-21(23)27(33)32(26)30-15-18-9-12-24(25(13-18)34-3)35-16-19-7-5-6-8-22(19)29/h5-15,17H,4,16H2,1-3H3/t17-/m1/s1. The molecule has 180 valence electrons. The summed E-state index contributed by atoms with van der Waals surface area (Å²) in [5.74, 6) is 1.26. The lowest BCUT2D eigenvalue weighted by Gasteiger charge is -2.14. The molecule has 0 unspecified atom stereocenters. The number of fused-ring (bicyclic) bond motifs is 1. The predicted molar refractivity (Wildman–Crippen MR) is 139 cm³/mol. The third-order valence-corrected chi connectivity index (χ3v) is 6.23. The fourth-order valence-corrected chi connectivity index (χ4v) is 3.92. The van der Waals surface area contributed by atoms with E-state index >= 15 is 0 Å². The van der Waals surface area contributed by atoms with Crippen LogP contribution in [0.5, 0.6) is 11.5 Å². The fourth-order valence-electron chi connectivity index (χ4n) is 3.56. The fraction of sp³-hybridized carbons (Fsp3) is 0.222. The average Bonchev–Trinajstić information content (AvgIpc) is 2.87. The highest BCUT2D eigenvalue weighted by Crippen LogP contribution is 2.29. The monoisotopic (exact) mass is 537 g/mol. The molecule has 0 aliphatic carbocycles. The summed E-state index contributed by atoms with van der Waals surface area (Å²) < 4.78 is 27.3. The van der Waals surface area contributed by atoms with Crippen molar-refractivity contribution in [1.29, 1.82) is 0 Å². The first-order valence-corrected chi connectivity index (χ1v) is 12.0. The maximum absolute atomic E-state index is 13.9. The molecule has 0 spiro atoms. The van der Waals surface area contributed by atoms with E-state index in [2.05, 4.69) is 21.0 Å². The Morgan fingerprint density at radius 3 is 2.69 bits per heavy atom. The van der Waals surface area contributed by atoms with Crippen LogP contribution in [0.15, 0.2) is 75.0 Å². The summed E-state index contributed by atoms with van der Waals surface area (Å²) in [7, 11) is 1.53. The number of benzene rings is 3. The lowest BCUT2D eigenvalue weighted by molar-refractivity contribution is 0.279. The van der Waals surface area contributed by atoms with Crippen molar-refractivity contribution in [3.63, 3.8) is 0 Å². The molecule has 1 aromatic heterocycles. The number of hydrogen-bond donors (Lipinski definition) is 0. The Morgan fingerprint density at radius 2 is 1.94 bits per heavy atom. The third kappa shape index (κ3) is 5.43. The summed E-state index contributed by atoms with van der Waals surface area (Å²) in [4.78, 5) is 18.0. The van der Waals surface area contributed by atoms with E-state index in [1.807, 2.05) is 26.0 Å². The molecule has 0 aliphatic rings. The first-order chi connectivity index (χ1) is 16.9. The van der Waals surface area contributed by atoms with E-state index in [0.717, 1.165) is 10.9 Å². The summed E-state index contributed by atoms with van der Waals surface area (Å²) in [6.45, 7) is 4.13. The van der Waals surface area contributed by atoms with Crippen LogP contribution in [-0.2, 0) is 6.61 Å². The smallest absolute Gasteiger partial charge is 0.282 e. The topological polar surface area (TPSA) is 65.7 Å². The highest BCUT2D eigenvalue weighted by Gasteiger charge is 2.16. The van der Waals surface area contributed by atoms with Crippen molar-refractivity contribution in [3.05, 3.63) is 98.3 Å². The van der Waals surface area contributed by atoms with Gasteiger partial charge in [-0.25, -0.2) is 9.37 Å². The molecule has 0 bridgehead atoms. The van der Waals surface area contributed by atoms with E-state index in [-0.39, 0.29) is 23.9 Å². The van der Waals surface area contributed by atoms with Gasteiger partial charge in [-0.05, 0) is 54.4 Å². The van der Waals surface area contributed by atoms with Gasteiger partial charge in [-0.2, -0.15) is 9.78 Å². The summed E-state index contributed by atoms with van der Waals surface area (Å²) in [6.07, 6.45) is 2.40. The lowest BCUT2D eigenvalue weighted by atomic mass is 10.1. The van der Waals surface area contributed by atoms with Gasteiger partial charge in [0.25, 0.3) is 5.56 Å². The number of aromatic nitrogens is 2. The van der Waals surface area contributed by atoms with Crippen molar-refractivity contribution in [2.75, 3.05) is 7.11 Å². The Morgan fingerprint density at radius 1 is 1.14 bits per heavy atom. The number of ether oxygens (including phenoxy) is 2. The van der Waals surface area contributed by atoms with Crippen LogP contribution >= 0.6 is 15.9 Å². The van der Waals surface area contributed by atoms with Gasteiger partial charge < -0.3 is 9.47 Å². The summed E-state index contributed by atoms with van der Waals surface area (Å²) in [5.41, 5.74) is 1.56. The van der Waals surface area contributed by atoms with Crippen LogP contribution < -0.4 is 15.0 Å². The van der Waals surface area contributed by atoms with Crippen molar-refractivity contribution in [2.24, 2.45) is 5.10 Å². The highest BCUT2D eigenvalue weighted by molar-refractivity contribution is 9.10. The molecule has 0 aliphatic heterocycles. The normalized spacial score (nSPS) is 12.3. The molecule has 35 heavy (non-hydrogen) atoms. The van der Waals surface area contributed by atoms with E-state index in [4.69, 9.17) is 14.5 Å². The minimum absolute atomic E-state index is 0.0385. The number of halogens is 2. The van der Waals surface area contributed by atoms with Gasteiger partial charge in [-0.15, -0.1) is 0 Å². The molecule has 0 N–H and O–H groups in total. The molecule has 0 saturated heterocycles. The zero-order chi connectivity index (χ0) is 24.9. The Hall–Kier alpha value is -3.52. The van der Waals surface area contributed by atoms with E-state index < -0.39 is 0 Å². The van der Waals surface area contributed by atoms with Crippen LogP contribution in [0.1, 0.15) is 43.1 Å². The van der Waals surface area contributed by atoms with Gasteiger partial charge in [-0.1, -0.05) is 48.0 Å². The van der Waals surface area contributed by atoms with Crippen LogP contribution in [0.3, 0.4) is 0 Å². The minimum atomic E-state index is -0.325. The second-order valence-electron chi connectivity index (χ2n) is 8.09. The summed E-state index contributed by atoms with van der Waals surface area (Å²) in [5, 5.41) is 4.97. The number of rotatable bonds is 8. The van der Waals surface area contributed by atoms with Crippen molar-refractivity contribution in [2.45, 2.75) is 32.8 Å². The SMILES string of the molecule is CC[C@@H](C)c1nc2ccc(Br)cc2c(=O)n1N=Cc1ccc(OCc2ccccc2F)c(OC)c1. The molecule has 3 aromatic carbocycles. The highest BCUT2D eigenvalue weighted by atomic mass is 79.9. The van der Waals surface area contributed by atoms with E-state index in [9.17, 15) is 9.18 Å². The van der Waals surface area contributed by atoms with Gasteiger partial charge in [0.2, 0.25) is 0 Å². The first kappa shape index (κ1) is 24.6. The number of nitrogens with zero attached hydrogens (tertiary/aromatic N) is 3. The molecule has 0 saturated carbocycles. The Bertz CT molecular complexity index is 1450. The van der Waals surface area contributed by atoms with Gasteiger partial charge in [-0.3, -0.25) is 4.79 Å². The maximum Gasteiger partial charge on any atom is 0.282 e. The molecule has 0 amide bonds. The van der Waals surface area contributed by atoms with Crippen LogP contribution in [0.2, 0.25) is 0 Å². The molecule has 1 atom stereocenters. The molecule has 0 fully saturated rings. The number of hydrogen-bond acceptors (Lipinski definition) is 5. The molecule has 8 heteroatoms. The predicted octanol–water partition coefficient (Wildman–Crippen LogP) is 6.28. The summed E-state index contributed by atoms with van der Waals surface area (Å²) in [6, 6.07) is 17.2. The Labute approximate surface area is 211 Å². The van der Waals surface area contributed by atoms with Crippen LogP contribution in [0, 0.1) is 5.82 Å². The first-order valence-electron chi connectivity index (χ1n) is 11.2. The number of methoxy groups -OCH3 is 1. The van der Waals surface area contributed by atoms with Gasteiger partial charge in [0, 0.05) is 16.0 Å². The van der Waals surface area contributed by atoms with E-state index in [0.29, 0.717) is 39.4 Å². The summed E-state index contributed by atoms with van der Waals surface area (Å²) >= 11 is 3.42. The molecule has 4 aromatic rings. The molecular weight excluding hydrogens is 513 g/mol. The van der Waals surface area contributed by atoms with Crippen LogP contribution in [0.4, 0.5) is 4.39 Å². The van der Waals surface area contributed by atoms with Crippen molar-refractivity contribution >= 4 is 33.0 Å². The zero-order valence-electron chi connectivity index (χ0n) is 19.7. The second kappa shape index (κ2) is 10.8. The Kier molecular flexibility index (Phi) is 7.60. The molecule has 0 radical (unpaired) electrons. The Balaban J connectivity index is 1.66. The zero-order valence-corrected chi connectivity index (χ0v) is 21.3. The third-order valence-electron chi connectivity index (χ3n) is 5.74. The van der Waals surface area contributed by atoms with Crippen molar-refractivity contribution in [3.8, 4) is 11.5 Å². The van der Waals surface area contributed by atoms with E-state index in [1.54, 1.807) is 48.7 Å². The van der Waals surface area contributed by atoms with Crippen LogP contribution in [0.25, 0.3) is 10.9 Å². The molecule has 6 nitrogen and oxygen atoms in total. The van der Waals surface area contributed by atoms with Gasteiger partial charge in [0.15, 0.2) is 11.5 Å². The lowest BCUT2D eigenvalue weighted by Crippen LogP contribution is -2.23. The molecular formula is C27H25BrFN3O3. The second-order valence-corrected chi connectivity index (χ2v) is 9.01. The average molecular weight is 538 g/mol. The van der Waals surface area contributed by atoms with Gasteiger partial charge in [0.1, 0.15) is 18.2 Å². The van der Waals surface area contributed by atoms with Gasteiger partial charge >= 0.3 is 0 Å². The quantitative estimate of drug-likeness (QED) is 0.248. The largest absolute Gasteiger partial charge is 0.493 e. The van der Waals surface area contributed by atoms with Crippen molar-refractivity contribution < 1.29 is 13.9 Å². The minimum Gasteiger partial charge on any atom is -0.493 e. The van der Waals surface area contributed by atoms with Gasteiger partial charge in [0.05, 0.1) is 24.2 Å².